The summed E-state index contributed by atoms with van der Waals surface area (Å²) in [4.78, 5) is 0. The molecule has 60 heavy (non-hydrogen) atoms. The van der Waals surface area contributed by atoms with E-state index in [2.05, 4.69) is 150 Å². The van der Waals surface area contributed by atoms with Crippen LogP contribution in [0.3, 0.4) is 0 Å². The average Bonchev–Trinajstić information content (AvgIpc) is 3.98. The summed E-state index contributed by atoms with van der Waals surface area (Å²) < 4.78 is 29.4. The van der Waals surface area contributed by atoms with Gasteiger partial charge in [0.1, 0.15) is 39.6 Å². The lowest BCUT2D eigenvalue weighted by molar-refractivity contribution is 0.479. The van der Waals surface area contributed by atoms with E-state index in [1.54, 1.807) is 0 Å². The number of nitrogens with zero attached hydrogens (tertiary/aromatic N) is 1. The number of aromatic nitrogens is 1. The van der Waals surface area contributed by atoms with Crippen molar-refractivity contribution in [2.75, 3.05) is 0 Å². The molecule has 0 unspecified atom stereocenters. The van der Waals surface area contributed by atoms with Crippen LogP contribution in [0.25, 0.3) is 105 Å². The summed E-state index contributed by atoms with van der Waals surface area (Å²) in [7, 11) is 0. The van der Waals surface area contributed by atoms with Gasteiger partial charge in [0, 0.05) is 60.1 Å². The fourth-order valence-corrected chi connectivity index (χ4v) is 10.1. The highest BCUT2D eigenvalue weighted by atomic mass is 16.5. The maximum atomic E-state index is 7.09. The summed E-state index contributed by atoms with van der Waals surface area (Å²) in [6.07, 6.45) is 0. The molecule has 0 spiro atoms. The summed E-state index contributed by atoms with van der Waals surface area (Å²) >= 11 is 0. The molecule has 0 aliphatic carbocycles. The van der Waals surface area contributed by atoms with E-state index in [1.165, 1.54) is 10.8 Å². The monoisotopic (exact) mass is 767 g/mol. The summed E-state index contributed by atoms with van der Waals surface area (Å²) in [5.41, 5.74) is 15.1. The van der Waals surface area contributed by atoms with E-state index in [4.69, 9.17) is 18.2 Å². The Morgan fingerprint density at radius 2 is 1.08 bits per heavy atom. The zero-order valence-corrected chi connectivity index (χ0v) is 32.0. The highest BCUT2D eigenvalue weighted by Crippen LogP contribution is 2.47. The first-order valence-corrected chi connectivity index (χ1v) is 20.3. The van der Waals surface area contributed by atoms with Crippen LogP contribution in [0.2, 0.25) is 0 Å². The van der Waals surface area contributed by atoms with Gasteiger partial charge in [0.15, 0.2) is 0 Å². The van der Waals surface area contributed by atoms with Gasteiger partial charge in [-0.25, -0.2) is 0 Å². The third-order valence-electron chi connectivity index (χ3n) is 12.7. The van der Waals surface area contributed by atoms with Crippen molar-refractivity contribution in [1.82, 2.24) is 4.57 Å². The maximum absolute atomic E-state index is 7.09. The molecule has 2 aliphatic heterocycles. The molecule has 0 amide bonds. The van der Waals surface area contributed by atoms with Gasteiger partial charge in [-0.05, 0) is 89.0 Å². The first-order valence-electron chi connectivity index (χ1n) is 20.3. The van der Waals surface area contributed by atoms with Gasteiger partial charge in [0.2, 0.25) is 0 Å². The number of ether oxygens (including phenoxy) is 1. The molecule has 0 bridgehead atoms. The van der Waals surface area contributed by atoms with Crippen LogP contribution in [0.5, 0.6) is 17.2 Å². The number of benzene rings is 9. The maximum Gasteiger partial charge on any atom is 0.434 e. The Balaban J connectivity index is 1.03. The molecule has 0 radical (unpaired) electrons. The van der Waals surface area contributed by atoms with Crippen LogP contribution in [0.15, 0.2) is 191 Å². The SMILES string of the molecule is c1ccc2c(c1)Oc1cc(-c3cc(-n4c5ccccc5c5ccccc54)cc4c3oc3ccccc34)cc3c1B2Oc1cc(-c2cccc4oc5ccccc5c24)ccc1-3. The van der Waals surface area contributed by atoms with Crippen molar-refractivity contribution in [3.8, 4) is 56.3 Å². The van der Waals surface area contributed by atoms with Gasteiger partial charge < -0.3 is 22.8 Å². The van der Waals surface area contributed by atoms with Gasteiger partial charge in [0.25, 0.3) is 0 Å². The standard InChI is InChI=1S/C54H30BNO4/c1-6-18-44-35(12-1)36-13-2-7-19-45(36)56(44)33-29-40(54-42(30-33)37-14-3-8-20-46(37)59-54)32-26-41-38-25-24-31(34-16-11-23-49-52(34)39-15-4-9-21-47(39)57-49)27-50(38)60-55-43-17-5-10-22-48(43)58-51(28-32)53(41)55/h1-30H. The second kappa shape index (κ2) is 11.8. The Labute approximate surface area is 343 Å². The van der Waals surface area contributed by atoms with Crippen LogP contribution >= 0.6 is 0 Å². The van der Waals surface area contributed by atoms with Crippen LogP contribution in [0.1, 0.15) is 0 Å². The Hall–Kier alpha value is -7.96. The Bertz CT molecular complexity index is 3760. The van der Waals surface area contributed by atoms with E-state index in [9.17, 15) is 0 Å². The highest BCUT2D eigenvalue weighted by Gasteiger charge is 2.41. The highest BCUT2D eigenvalue weighted by molar-refractivity contribution is 6.84. The molecule has 6 heteroatoms. The molecule has 3 aromatic heterocycles. The Morgan fingerprint density at radius 3 is 1.92 bits per heavy atom. The van der Waals surface area contributed by atoms with Crippen LogP contribution in [-0.4, -0.2) is 11.5 Å². The summed E-state index contributed by atoms with van der Waals surface area (Å²) in [6, 6.07) is 64.0. The largest absolute Gasteiger partial charge is 0.551 e. The molecule has 0 saturated carbocycles. The van der Waals surface area contributed by atoms with E-state index in [0.29, 0.717) is 0 Å². The van der Waals surface area contributed by atoms with Crippen LogP contribution in [0, 0.1) is 0 Å². The minimum Gasteiger partial charge on any atom is -0.551 e. The molecule has 0 atom stereocenters. The molecular formula is C54H30BNO4. The van der Waals surface area contributed by atoms with E-state index < -0.39 is 0 Å². The van der Waals surface area contributed by atoms with Crippen molar-refractivity contribution < 1.29 is 18.2 Å². The van der Waals surface area contributed by atoms with Gasteiger partial charge in [-0.15, -0.1) is 0 Å². The summed E-state index contributed by atoms with van der Waals surface area (Å²) in [5, 5.41) is 6.77. The number of para-hydroxylation sites is 5. The second-order valence-corrected chi connectivity index (χ2v) is 15.9. The third kappa shape index (κ3) is 4.37. The summed E-state index contributed by atoms with van der Waals surface area (Å²) in [6.45, 7) is -0.350. The van der Waals surface area contributed by atoms with E-state index >= 15 is 0 Å². The molecule has 0 saturated heterocycles. The first kappa shape index (κ1) is 32.1. The smallest absolute Gasteiger partial charge is 0.434 e. The van der Waals surface area contributed by atoms with Crippen molar-refractivity contribution in [3.63, 3.8) is 0 Å². The topological polar surface area (TPSA) is 49.7 Å². The minimum atomic E-state index is -0.350. The lowest BCUT2D eigenvalue weighted by Crippen LogP contribution is -2.53. The zero-order valence-electron chi connectivity index (χ0n) is 32.0. The molecule has 5 heterocycles. The number of hydrogen-bond donors (Lipinski definition) is 0. The number of rotatable bonds is 3. The molecule has 2 aliphatic rings. The predicted octanol–water partition coefficient (Wildman–Crippen LogP) is 13.2. The number of hydrogen-bond acceptors (Lipinski definition) is 4. The second-order valence-electron chi connectivity index (χ2n) is 15.9. The Kier molecular flexibility index (Phi) is 6.31. The third-order valence-corrected chi connectivity index (χ3v) is 12.7. The van der Waals surface area contributed by atoms with Crippen molar-refractivity contribution in [1.29, 1.82) is 0 Å². The van der Waals surface area contributed by atoms with Crippen LogP contribution in [0.4, 0.5) is 0 Å². The molecule has 0 fully saturated rings. The molecule has 278 valence electrons. The van der Waals surface area contributed by atoms with Gasteiger partial charge in [0.05, 0.1) is 11.0 Å². The lowest BCUT2D eigenvalue weighted by Gasteiger charge is -2.33. The van der Waals surface area contributed by atoms with Crippen molar-refractivity contribution in [3.05, 3.63) is 182 Å². The number of furan rings is 2. The quantitative estimate of drug-likeness (QED) is 0.168. The molecule has 0 N–H and O–H groups in total. The van der Waals surface area contributed by atoms with Gasteiger partial charge >= 0.3 is 6.92 Å². The van der Waals surface area contributed by atoms with E-state index in [-0.39, 0.29) is 6.92 Å². The average molecular weight is 768 g/mol. The molecule has 5 nitrogen and oxygen atoms in total. The summed E-state index contributed by atoms with van der Waals surface area (Å²) in [5.74, 6) is 2.39. The molecule has 9 aromatic carbocycles. The molecule has 12 aromatic rings. The lowest BCUT2D eigenvalue weighted by atomic mass is 9.50. The van der Waals surface area contributed by atoms with E-state index in [1.807, 2.05) is 36.4 Å². The normalized spacial score (nSPS) is 12.9. The Morgan fingerprint density at radius 1 is 0.400 bits per heavy atom. The van der Waals surface area contributed by atoms with Crippen LogP contribution in [-0.2, 0) is 0 Å². The first-order chi connectivity index (χ1) is 29.7. The molecular weight excluding hydrogens is 737 g/mol. The fraction of sp³-hybridized carbons (Fsp3) is 0. The van der Waals surface area contributed by atoms with Gasteiger partial charge in [-0.3, -0.25) is 0 Å². The van der Waals surface area contributed by atoms with Crippen molar-refractivity contribution in [2.24, 2.45) is 0 Å². The van der Waals surface area contributed by atoms with Crippen molar-refractivity contribution >= 4 is 83.5 Å². The molecule has 14 rings (SSSR count). The van der Waals surface area contributed by atoms with E-state index in [0.717, 1.165) is 122 Å². The van der Waals surface area contributed by atoms with Gasteiger partial charge in [-0.1, -0.05) is 115 Å². The predicted molar refractivity (Wildman–Crippen MR) is 244 cm³/mol. The minimum absolute atomic E-state index is 0.350. The zero-order chi connectivity index (χ0) is 39.1. The fourth-order valence-electron chi connectivity index (χ4n) is 10.1. The number of fused-ring (bicyclic) bond motifs is 13. The van der Waals surface area contributed by atoms with Crippen molar-refractivity contribution in [2.45, 2.75) is 0 Å². The van der Waals surface area contributed by atoms with Crippen LogP contribution < -0.4 is 20.3 Å². The van der Waals surface area contributed by atoms with Gasteiger partial charge in [-0.2, -0.15) is 0 Å².